The minimum absolute atomic E-state index is 0.0798. The first-order valence-electron chi connectivity index (χ1n) is 6.70. The summed E-state index contributed by atoms with van der Waals surface area (Å²) < 4.78 is 0. The summed E-state index contributed by atoms with van der Waals surface area (Å²) in [7, 11) is 0. The van der Waals surface area contributed by atoms with Crippen LogP contribution < -0.4 is 16.8 Å². The smallest absolute Gasteiger partial charge is 0.251 e. The third-order valence-electron chi connectivity index (χ3n) is 3.52. The molecule has 5 N–H and O–H groups in total. The van der Waals surface area contributed by atoms with E-state index in [1.165, 1.54) is 5.57 Å². The van der Waals surface area contributed by atoms with Gasteiger partial charge in [-0.3, -0.25) is 4.79 Å². The van der Waals surface area contributed by atoms with Crippen LogP contribution in [0.4, 0.5) is 0 Å². The third-order valence-corrected chi connectivity index (χ3v) is 3.52. The average Bonchev–Trinajstić information content (AvgIpc) is 2.82. The molecule has 0 heterocycles. The van der Waals surface area contributed by atoms with E-state index in [9.17, 15) is 4.79 Å². The molecule has 1 amide bonds. The standard InChI is InChI=1S/C15H21N3O/c1-10-5-6-11(15(19)18-8-7-16)9-13(10)12-3-2-4-14(12)17/h5-6,9H,2-4,7-8,16-17H2,1H3,(H,18,19). The second kappa shape index (κ2) is 5.89. The molecule has 102 valence electrons. The molecule has 0 unspecified atom stereocenters. The molecular weight excluding hydrogens is 238 g/mol. The molecule has 0 saturated carbocycles. The number of carbonyl (C=O) groups excluding carboxylic acids is 1. The number of aryl methyl sites for hydroxylation is 1. The summed E-state index contributed by atoms with van der Waals surface area (Å²) in [5.41, 5.74) is 16.5. The highest BCUT2D eigenvalue weighted by atomic mass is 16.1. The predicted octanol–water partition coefficient (Wildman–Crippen LogP) is 1.54. The number of allylic oxidation sites excluding steroid dienone is 2. The number of carbonyl (C=O) groups is 1. The summed E-state index contributed by atoms with van der Waals surface area (Å²) in [4.78, 5) is 11.9. The lowest BCUT2D eigenvalue weighted by Gasteiger charge is -2.11. The summed E-state index contributed by atoms with van der Waals surface area (Å²) in [5.74, 6) is -0.0798. The van der Waals surface area contributed by atoms with Crippen LogP contribution in [0.2, 0.25) is 0 Å². The van der Waals surface area contributed by atoms with Crippen LogP contribution in [0.25, 0.3) is 5.57 Å². The molecule has 0 aromatic heterocycles. The molecule has 2 rings (SSSR count). The van der Waals surface area contributed by atoms with E-state index in [0.29, 0.717) is 18.7 Å². The number of nitrogens with one attached hydrogen (secondary N) is 1. The molecule has 0 aliphatic heterocycles. The number of amides is 1. The zero-order chi connectivity index (χ0) is 13.8. The highest BCUT2D eigenvalue weighted by Crippen LogP contribution is 2.33. The Morgan fingerprint density at radius 1 is 1.37 bits per heavy atom. The molecule has 0 fully saturated rings. The lowest BCUT2D eigenvalue weighted by atomic mass is 9.96. The van der Waals surface area contributed by atoms with Gasteiger partial charge < -0.3 is 16.8 Å². The normalized spacial score (nSPS) is 14.8. The van der Waals surface area contributed by atoms with Crippen LogP contribution in [-0.2, 0) is 0 Å². The van der Waals surface area contributed by atoms with Crippen molar-refractivity contribution in [3.63, 3.8) is 0 Å². The zero-order valence-electron chi connectivity index (χ0n) is 11.3. The summed E-state index contributed by atoms with van der Waals surface area (Å²) >= 11 is 0. The van der Waals surface area contributed by atoms with Crippen molar-refractivity contribution in [1.82, 2.24) is 5.32 Å². The Morgan fingerprint density at radius 2 is 2.16 bits per heavy atom. The van der Waals surface area contributed by atoms with Gasteiger partial charge in [-0.2, -0.15) is 0 Å². The Morgan fingerprint density at radius 3 is 2.79 bits per heavy atom. The van der Waals surface area contributed by atoms with E-state index in [-0.39, 0.29) is 5.91 Å². The van der Waals surface area contributed by atoms with E-state index in [1.807, 2.05) is 18.2 Å². The van der Waals surface area contributed by atoms with Gasteiger partial charge >= 0.3 is 0 Å². The molecule has 0 spiro atoms. The third kappa shape index (κ3) is 2.96. The lowest BCUT2D eigenvalue weighted by Crippen LogP contribution is -2.29. The molecule has 0 atom stereocenters. The summed E-state index contributed by atoms with van der Waals surface area (Å²) in [6.45, 7) is 2.99. The lowest BCUT2D eigenvalue weighted by molar-refractivity contribution is 0.0954. The van der Waals surface area contributed by atoms with Gasteiger partial charge in [0.1, 0.15) is 0 Å². The van der Waals surface area contributed by atoms with Crippen LogP contribution in [0.5, 0.6) is 0 Å². The number of hydrogen-bond donors (Lipinski definition) is 3. The monoisotopic (exact) mass is 259 g/mol. The number of benzene rings is 1. The first-order chi connectivity index (χ1) is 9.13. The van der Waals surface area contributed by atoms with Gasteiger partial charge in [0.05, 0.1) is 0 Å². The molecule has 0 radical (unpaired) electrons. The van der Waals surface area contributed by atoms with Crippen LogP contribution in [-0.4, -0.2) is 19.0 Å². The van der Waals surface area contributed by atoms with Crippen molar-refractivity contribution >= 4 is 11.5 Å². The molecule has 0 saturated heterocycles. The van der Waals surface area contributed by atoms with Gasteiger partial charge in [-0.05, 0) is 55.0 Å². The zero-order valence-corrected chi connectivity index (χ0v) is 11.3. The maximum Gasteiger partial charge on any atom is 0.251 e. The number of rotatable bonds is 4. The molecule has 4 heteroatoms. The molecule has 4 nitrogen and oxygen atoms in total. The van der Waals surface area contributed by atoms with Gasteiger partial charge in [0.2, 0.25) is 0 Å². The van der Waals surface area contributed by atoms with E-state index in [2.05, 4.69) is 12.2 Å². The quantitative estimate of drug-likeness (QED) is 0.767. The highest BCUT2D eigenvalue weighted by Gasteiger charge is 2.17. The van der Waals surface area contributed by atoms with E-state index in [1.54, 1.807) is 0 Å². The maximum atomic E-state index is 11.9. The topological polar surface area (TPSA) is 81.1 Å². The Hall–Kier alpha value is -1.81. The minimum Gasteiger partial charge on any atom is -0.402 e. The van der Waals surface area contributed by atoms with Crippen LogP contribution in [0.15, 0.2) is 23.9 Å². The second-order valence-corrected chi connectivity index (χ2v) is 4.93. The summed E-state index contributed by atoms with van der Waals surface area (Å²) in [6, 6.07) is 5.76. The average molecular weight is 259 g/mol. The van der Waals surface area contributed by atoms with Crippen LogP contribution in [0.1, 0.15) is 40.7 Å². The van der Waals surface area contributed by atoms with Crippen molar-refractivity contribution in [2.75, 3.05) is 13.1 Å². The SMILES string of the molecule is Cc1ccc(C(=O)NCCN)cc1C1=C(N)CCC1. The molecular formula is C15H21N3O. The van der Waals surface area contributed by atoms with Gasteiger partial charge in [0.15, 0.2) is 0 Å². The molecule has 1 aromatic rings. The van der Waals surface area contributed by atoms with Gasteiger partial charge in [0, 0.05) is 24.4 Å². The van der Waals surface area contributed by atoms with Gasteiger partial charge in [-0.15, -0.1) is 0 Å². The molecule has 1 aliphatic carbocycles. The van der Waals surface area contributed by atoms with Crippen molar-refractivity contribution in [2.45, 2.75) is 26.2 Å². The molecule has 0 bridgehead atoms. The second-order valence-electron chi connectivity index (χ2n) is 4.93. The fourth-order valence-electron chi connectivity index (χ4n) is 2.45. The first kappa shape index (κ1) is 13.6. The van der Waals surface area contributed by atoms with Crippen molar-refractivity contribution < 1.29 is 4.79 Å². The van der Waals surface area contributed by atoms with Crippen molar-refractivity contribution in [3.05, 3.63) is 40.6 Å². The van der Waals surface area contributed by atoms with Crippen molar-refractivity contribution in [2.24, 2.45) is 11.5 Å². The molecule has 19 heavy (non-hydrogen) atoms. The van der Waals surface area contributed by atoms with Crippen LogP contribution in [0, 0.1) is 6.92 Å². The highest BCUT2D eigenvalue weighted by molar-refractivity contribution is 5.95. The van der Waals surface area contributed by atoms with Gasteiger partial charge in [0.25, 0.3) is 5.91 Å². The van der Waals surface area contributed by atoms with E-state index >= 15 is 0 Å². The Labute approximate surface area is 113 Å². The van der Waals surface area contributed by atoms with E-state index < -0.39 is 0 Å². The van der Waals surface area contributed by atoms with Gasteiger partial charge in [-0.1, -0.05) is 6.07 Å². The number of nitrogens with two attached hydrogens (primary N) is 2. The first-order valence-corrected chi connectivity index (χ1v) is 6.70. The molecule has 1 aliphatic rings. The molecule has 1 aromatic carbocycles. The fraction of sp³-hybridized carbons (Fsp3) is 0.400. The van der Waals surface area contributed by atoms with Crippen molar-refractivity contribution in [3.8, 4) is 0 Å². The predicted molar refractivity (Wildman–Crippen MR) is 77.5 cm³/mol. The fourth-order valence-corrected chi connectivity index (χ4v) is 2.45. The number of hydrogen-bond acceptors (Lipinski definition) is 3. The summed E-state index contributed by atoms with van der Waals surface area (Å²) in [5, 5.41) is 2.79. The maximum absolute atomic E-state index is 11.9. The summed E-state index contributed by atoms with van der Waals surface area (Å²) in [6.07, 6.45) is 3.06. The van der Waals surface area contributed by atoms with E-state index in [4.69, 9.17) is 11.5 Å². The van der Waals surface area contributed by atoms with E-state index in [0.717, 1.165) is 36.1 Å². The minimum atomic E-state index is -0.0798. The Kier molecular flexibility index (Phi) is 4.22. The van der Waals surface area contributed by atoms with Crippen LogP contribution in [0.3, 0.4) is 0 Å². The van der Waals surface area contributed by atoms with Gasteiger partial charge in [-0.25, -0.2) is 0 Å². The van der Waals surface area contributed by atoms with Crippen molar-refractivity contribution in [1.29, 1.82) is 0 Å². The van der Waals surface area contributed by atoms with Crippen LogP contribution >= 0.6 is 0 Å². The Balaban J connectivity index is 2.30. The largest absolute Gasteiger partial charge is 0.402 e. The Bertz CT molecular complexity index is 520.